The molecule has 1 unspecified atom stereocenters. The number of aromatic nitrogens is 1. The predicted octanol–water partition coefficient (Wildman–Crippen LogP) is 5.57. The predicted molar refractivity (Wildman–Crippen MR) is 140 cm³/mol. The van der Waals surface area contributed by atoms with Crippen LogP contribution in [0, 0.1) is 12.7 Å². The summed E-state index contributed by atoms with van der Waals surface area (Å²) in [6.45, 7) is 3.39. The van der Waals surface area contributed by atoms with Gasteiger partial charge < -0.3 is 28.7 Å². The number of carbonyl (C=O) groups is 2. The first-order valence-corrected chi connectivity index (χ1v) is 12.6. The molecule has 0 saturated heterocycles. The molecule has 0 aliphatic heterocycles. The van der Waals surface area contributed by atoms with Crippen LogP contribution in [0.3, 0.4) is 0 Å². The molecule has 0 amide bonds. The van der Waals surface area contributed by atoms with Crippen LogP contribution in [0.15, 0.2) is 60.7 Å². The third kappa shape index (κ3) is 6.62. The standard InChI is InChI=1S/C30H27F4NO6/c1-4-5-25(29(37)38)40-26-14-18(6-13-23(26)31)16-35-17(2)27(28(36)19-7-9-20(39-3)10-8-19)22-12-11-21(15-24(22)35)41-30(32,33)34/h6-15,25H,4-5,16H2,1-3H3,(H,37,38)/p-1. The lowest BCUT2D eigenvalue weighted by Gasteiger charge is -2.20. The SMILES string of the molecule is CCCC(Oc1cc(Cn2c(C)c(C(=O)c3ccc(OC)cc3)c3ccc(OC(F)(F)F)cc32)ccc1F)C(=O)[O-]. The third-order valence-corrected chi connectivity index (χ3v) is 6.53. The van der Waals surface area contributed by atoms with Crippen molar-refractivity contribution in [3.8, 4) is 17.2 Å². The maximum absolute atomic E-state index is 14.5. The number of carboxylic acid groups (broad SMARTS) is 1. The summed E-state index contributed by atoms with van der Waals surface area (Å²) >= 11 is 0. The average Bonchev–Trinajstić information content (AvgIpc) is 3.19. The van der Waals surface area contributed by atoms with Gasteiger partial charge in [0.2, 0.25) is 0 Å². The van der Waals surface area contributed by atoms with E-state index in [-0.39, 0.29) is 35.6 Å². The van der Waals surface area contributed by atoms with Gasteiger partial charge in [-0.2, -0.15) is 0 Å². The Morgan fingerprint density at radius 2 is 1.68 bits per heavy atom. The molecule has 0 fully saturated rings. The molecule has 1 heterocycles. The van der Waals surface area contributed by atoms with Gasteiger partial charge in [-0.25, -0.2) is 4.39 Å². The fourth-order valence-electron chi connectivity index (χ4n) is 4.59. The molecule has 41 heavy (non-hydrogen) atoms. The summed E-state index contributed by atoms with van der Waals surface area (Å²) in [7, 11) is 1.49. The van der Waals surface area contributed by atoms with Crippen molar-refractivity contribution in [1.29, 1.82) is 0 Å². The molecule has 0 spiro atoms. The van der Waals surface area contributed by atoms with Crippen molar-refractivity contribution in [2.75, 3.05) is 7.11 Å². The summed E-state index contributed by atoms with van der Waals surface area (Å²) < 4.78 is 69.8. The Kier molecular flexibility index (Phi) is 8.55. The van der Waals surface area contributed by atoms with E-state index in [1.807, 2.05) is 0 Å². The number of nitrogens with zero attached hydrogens (tertiary/aromatic N) is 1. The van der Waals surface area contributed by atoms with Gasteiger partial charge in [0.05, 0.1) is 24.2 Å². The quantitative estimate of drug-likeness (QED) is 0.172. The van der Waals surface area contributed by atoms with Crippen LogP contribution in [-0.4, -0.2) is 35.9 Å². The normalized spacial score (nSPS) is 12.3. The van der Waals surface area contributed by atoms with Crippen molar-refractivity contribution in [3.63, 3.8) is 0 Å². The van der Waals surface area contributed by atoms with E-state index in [4.69, 9.17) is 9.47 Å². The van der Waals surface area contributed by atoms with Crippen molar-refractivity contribution in [3.05, 3.63) is 88.9 Å². The van der Waals surface area contributed by atoms with Gasteiger partial charge in [0, 0.05) is 29.3 Å². The number of fused-ring (bicyclic) bond motifs is 1. The summed E-state index contributed by atoms with van der Waals surface area (Å²) in [5.74, 6) is -2.88. The van der Waals surface area contributed by atoms with Crippen LogP contribution >= 0.6 is 0 Å². The minimum absolute atomic E-state index is 0.00585. The topological polar surface area (TPSA) is 89.8 Å². The highest BCUT2D eigenvalue weighted by Crippen LogP contribution is 2.34. The lowest BCUT2D eigenvalue weighted by atomic mass is 10.0. The van der Waals surface area contributed by atoms with Gasteiger partial charge in [-0.05, 0) is 67.4 Å². The number of methoxy groups -OCH3 is 1. The molecule has 7 nitrogen and oxygen atoms in total. The lowest BCUT2D eigenvalue weighted by molar-refractivity contribution is -0.313. The first-order chi connectivity index (χ1) is 19.4. The minimum atomic E-state index is -4.93. The van der Waals surface area contributed by atoms with Crippen molar-refractivity contribution in [2.45, 2.75) is 45.7 Å². The zero-order chi connectivity index (χ0) is 29.9. The Hall–Kier alpha value is -4.54. The maximum atomic E-state index is 14.5. The van der Waals surface area contributed by atoms with Crippen LogP contribution in [0.4, 0.5) is 17.6 Å². The number of hydrogen-bond acceptors (Lipinski definition) is 6. The smallest absolute Gasteiger partial charge is 0.546 e. The zero-order valence-corrected chi connectivity index (χ0v) is 22.4. The fourth-order valence-corrected chi connectivity index (χ4v) is 4.59. The van der Waals surface area contributed by atoms with Crippen LogP contribution in [0.2, 0.25) is 0 Å². The summed E-state index contributed by atoms with van der Waals surface area (Å²) in [5, 5.41) is 11.8. The van der Waals surface area contributed by atoms with Gasteiger partial charge >= 0.3 is 6.36 Å². The molecule has 1 aromatic heterocycles. The maximum Gasteiger partial charge on any atom is 0.573 e. The molecule has 0 saturated carbocycles. The summed E-state index contributed by atoms with van der Waals surface area (Å²) in [6, 6.07) is 13.9. The van der Waals surface area contributed by atoms with E-state index in [1.165, 1.54) is 31.4 Å². The molecular weight excluding hydrogens is 546 g/mol. The number of halogens is 4. The molecular formula is C30H26F4NO6-. The van der Waals surface area contributed by atoms with Crippen molar-refractivity contribution in [1.82, 2.24) is 4.57 Å². The highest BCUT2D eigenvalue weighted by atomic mass is 19.4. The van der Waals surface area contributed by atoms with Gasteiger partial charge in [-0.3, -0.25) is 4.79 Å². The Bertz CT molecular complexity index is 1580. The number of benzene rings is 3. The number of carbonyl (C=O) groups excluding carboxylic acids is 2. The van der Waals surface area contributed by atoms with E-state index in [1.54, 1.807) is 42.7 Å². The molecule has 0 N–H and O–H groups in total. The zero-order valence-electron chi connectivity index (χ0n) is 22.4. The number of rotatable bonds is 11. The summed E-state index contributed by atoms with van der Waals surface area (Å²) in [6.07, 6.45) is -5.73. The highest BCUT2D eigenvalue weighted by molar-refractivity contribution is 6.17. The first-order valence-electron chi connectivity index (χ1n) is 12.6. The lowest BCUT2D eigenvalue weighted by Crippen LogP contribution is -2.39. The van der Waals surface area contributed by atoms with E-state index in [0.29, 0.717) is 34.4 Å². The molecule has 0 aliphatic rings. The van der Waals surface area contributed by atoms with Gasteiger partial charge in [-0.1, -0.05) is 19.4 Å². The summed E-state index contributed by atoms with van der Waals surface area (Å²) in [4.78, 5) is 25.0. The van der Waals surface area contributed by atoms with E-state index in [2.05, 4.69) is 4.74 Å². The first kappa shape index (κ1) is 29.4. The number of ether oxygens (including phenoxy) is 3. The van der Waals surface area contributed by atoms with Crippen LogP contribution in [-0.2, 0) is 11.3 Å². The number of hydrogen-bond donors (Lipinski definition) is 0. The molecule has 216 valence electrons. The molecule has 1 atom stereocenters. The van der Waals surface area contributed by atoms with Gasteiger partial charge in [0.25, 0.3) is 0 Å². The fraction of sp³-hybridized carbons (Fsp3) is 0.267. The molecule has 4 rings (SSSR count). The van der Waals surface area contributed by atoms with Gasteiger partial charge in [0.15, 0.2) is 17.3 Å². The second kappa shape index (κ2) is 11.9. The van der Waals surface area contributed by atoms with Crippen molar-refractivity contribution >= 4 is 22.7 Å². The van der Waals surface area contributed by atoms with Gasteiger partial charge in [-0.15, -0.1) is 13.2 Å². The number of carboxylic acids is 1. The summed E-state index contributed by atoms with van der Waals surface area (Å²) in [5.41, 5.74) is 1.76. The molecule has 0 aliphatic carbocycles. The Morgan fingerprint density at radius 3 is 2.29 bits per heavy atom. The van der Waals surface area contributed by atoms with Crippen LogP contribution in [0.1, 0.15) is 46.9 Å². The number of alkyl halides is 3. The molecule has 11 heteroatoms. The Labute approximate surface area is 232 Å². The van der Waals surface area contributed by atoms with E-state index < -0.39 is 30.0 Å². The van der Waals surface area contributed by atoms with E-state index in [9.17, 15) is 32.3 Å². The van der Waals surface area contributed by atoms with Crippen molar-refractivity contribution in [2.24, 2.45) is 0 Å². The second-order valence-electron chi connectivity index (χ2n) is 9.31. The Morgan fingerprint density at radius 1 is 1.00 bits per heavy atom. The van der Waals surface area contributed by atoms with E-state index >= 15 is 0 Å². The highest BCUT2D eigenvalue weighted by Gasteiger charge is 2.32. The van der Waals surface area contributed by atoms with Crippen LogP contribution in [0.25, 0.3) is 10.9 Å². The van der Waals surface area contributed by atoms with Gasteiger partial charge in [0.1, 0.15) is 17.6 Å². The van der Waals surface area contributed by atoms with Crippen molar-refractivity contribution < 1.29 is 46.5 Å². The molecule has 4 aromatic rings. The molecule has 0 bridgehead atoms. The average molecular weight is 573 g/mol. The number of aliphatic carboxylic acids is 1. The van der Waals surface area contributed by atoms with Crippen LogP contribution < -0.4 is 19.3 Å². The van der Waals surface area contributed by atoms with E-state index in [0.717, 1.165) is 12.1 Å². The van der Waals surface area contributed by atoms with Crippen LogP contribution in [0.5, 0.6) is 17.2 Å². The second-order valence-corrected chi connectivity index (χ2v) is 9.31. The number of ketones is 1. The minimum Gasteiger partial charge on any atom is -0.546 e. The Balaban J connectivity index is 1.80. The largest absolute Gasteiger partial charge is 0.573 e. The molecule has 3 aromatic carbocycles. The monoisotopic (exact) mass is 572 g/mol. The molecule has 0 radical (unpaired) electrons. The third-order valence-electron chi connectivity index (χ3n) is 6.53.